The lowest BCUT2D eigenvalue weighted by molar-refractivity contribution is -0.141. The highest BCUT2D eigenvalue weighted by molar-refractivity contribution is 7.92. The zero-order valence-electron chi connectivity index (χ0n) is 23.0. The normalized spacial score (nSPS) is 18.3. The molecule has 0 spiro atoms. The average Bonchev–Trinajstić information content (AvgIpc) is 3.34. The number of nitrogens with zero attached hydrogens (tertiary/aromatic N) is 5. The molecule has 2 heterocycles. The summed E-state index contributed by atoms with van der Waals surface area (Å²) in [6.07, 6.45) is 2.61. The van der Waals surface area contributed by atoms with E-state index in [-0.39, 0.29) is 30.8 Å². The molecule has 1 aromatic carbocycles. The quantitative estimate of drug-likeness (QED) is 0.331. The molecule has 39 heavy (non-hydrogen) atoms. The minimum absolute atomic E-state index is 0.0252. The number of carbonyl (C=O) groups excluding carboxylic acids is 1. The topological polar surface area (TPSA) is 145 Å². The molecule has 210 valence electrons. The Bertz CT molecular complexity index is 1410. The van der Waals surface area contributed by atoms with Crippen molar-refractivity contribution < 1.29 is 22.4 Å². The summed E-state index contributed by atoms with van der Waals surface area (Å²) in [5.74, 6) is 1.50. The maximum absolute atomic E-state index is 12.5. The standard InChI is InChI=1S/C27H36N6O5S/c1-6-37-24(34)17-33(16-21-12-18(21)2)23-14-20(13-22(29-23)32(4)39(5,35)36)25-30-31-26(38-25)27(3,28)15-19-10-8-7-9-11-19/h7-11,13-14,18,21H,6,12,15-17,28H2,1-5H3/t18?,21?,27-/m1/s1. The van der Waals surface area contributed by atoms with Gasteiger partial charge in [-0.05, 0) is 56.2 Å². The van der Waals surface area contributed by atoms with Crippen molar-refractivity contribution >= 4 is 27.6 Å². The Morgan fingerprint density at radius 1 is 1.21 bits per heavy atom. The maximum Gasteiger partial charge on any atom is 0.325 e. The number of benzene rings is 1. The first kappa shape index (κ1) is 28.5. The van der Waals surface area contributed by atoms with Gasteiger partial charge in [0.05, 0.1) is 18.4 Å². The molecule has 3 aromatic rings. The monoisotopic (exact) mass is 556 g/mol. The largest absolute Gasteiger partial charge is 0.465 e. The van der Waals surface area contributed by atoms with Crippen LogP contribution in [0.15, 0.2) is 46.9 Å². The van der Waals surface area contributed by atoms with Crippen LogP contribution in [0.3, 0.4) is 0 Å². The molecule has 2 N–H and O–H groups in total. The minimum Gasteiger partial charge on any atom is -0.465 e. The van der Waals surface area contributed by atoms with Crippen LogP contribution < -0.4 is 14.9 Å². The molecule has 2 aromatic heterocycles. The van der Waals surface area contributed by atoms with Crippen molar-refractivity contribution in [2.24, 2.45) is 17.6 Å². The van der Waals surface area contributed by atoms with Gasteiger partial charge in [-0.1, -0.05) is 37.3 Å². The van der Waals surface area contributed by atoms with Gasteiger partial charge in [0.2, 0.25) is 21.8 Å². The zero-order valence-corrected chi connectivity index (χ0v) is 23.8. The van der Waals surface area contributed by atoms with Crippen LogP contribution in [0, 0.1) is 11.8 Å². The third-order valence-corrected chi connectivity index (χ3v) is 8.06. The summed E-state index contributed by atoms with van der Waals surface area (Å²) in [6, 6.07) is 13.0. The third-order valence-electron chi connectivity index (χ3n) is 6.87. The van der Waals surface area contributed by atoms with E-state index in [2.05, 4.69) is 22.1 Å². The predicted molar refractivity (Wildman–Crippen MR) is 149 cm³/mol. The Morgan fingerprint density at radius 2 is 1.87 bits per heavy atom. The molecule has 1 aliphatic rings. The molecule has 0 aliphatic heterocycles. The molecule has 4 rings (SSSR count). The molecule has 0 bridgehead atoms. The summed E-state index contributed by atoms with van der Waals surface area (Å²) >= 11 is 0. The molecular formula is C27H36N6O5S. The van der Waals surface area contributed by atoms with Gasteiger partial charge < -0.3 is 19.8 Å². The molecule has 0 radical (unpaired) electrons. The summed E-state index contributed by atoms with van der Waals surface area (Å²) in [4.78, 5) is 18.9. The molecule has 1 aliphatic carbocycles. The van der Waals surface area contributed by atoms with Crippen molar-refractivity contribution in [3.05, 3.63) is 53.9 Å². The van der Waals surface area contributed by atoms with Gasteiger partial charge in [0.15, 0.2) is 0 Å². The van der Waals surface area contributed by atoms with Gasteiger partial charge in [-0.2, -0.15) is 0 Å². The van der Waals surface area contributed by atoms with E-state index >= 15 is 0 Å². The zero-order chi connectivity index (χ0) is 28.4. The van der Waals surface area contributed by atoms with Crippen molar-refractivity contribution in [3.63, 3.8) is 0 Å². The van der Waals surface area contributed by atoms with E-state index in [1.165, 1.54) is 7.05 Å². The number of pyridine rings is 1. The van der Waals surface area contributed by atoms with Crippen LogP contribution in [0.5, 0.6) is 0 Å². The van der Waals surface area contributed by atoms with Crippen LogP contribution in [-0.4, -0.2) is 62.6 Å². The first-order valence-corrected chi connectivity index (χ1v) is 14.8. The van der Waals surface area contributed by atoms with Crippen LogP contribution >= 0.6 is 0 Å². The lowest BCUT2D eigenvalue weighted by atomic mass is 9.94. The van der Waals surface area contributed by atoms with Crippen molar-refractivity contribution in [2.45, 2.75) is 39.2 Å². The Labute approximate surface area is 229 Å². The molecular weight excluding hydrogens is 520 g/mol. The van der Waals surface area contributed by atoms with E-state index in [1.54, 1.807) is 19.1 Å². The van der Waals surface area contributed by atoms with E-state index in [0.717, 1.165) is 22.5 Å². The predicted octanol–water partition coefficient (Wildman–Crippen LogP) is 2.97. The van der Waals surface area contributed by atoms with E-state index in [0.29, 0.717) is 36.2 Å². The molecule has 12 heteroatoms. The van der Waals surface area contributed by atoms with Gasteiger partial charge in [0.25, 0.3) is 0 Å². The van der Waals surface area contributed by atoms with E-state index < -0.39 is 21.5 Å². The van der Waals surface area contributed by atoms with Crippen LogP contribution in [-0.2, 0) is 31.5 Å². The first-order valence-electron chi connectivity index (χ1n) is 12.9. The number of anilines is 2. The first-order chi connectivity index (χ1) is 18.4. The summed E-state index contributed by atoms with van der Waals surface area (Å²) in [5.41, 5.74) is 7.12. The van der Waals surface area contributed by atoms with E-state index in [9.17, 15) is 13.2 Å². The van der Waals surface area contributed by atoms with Crippen molar-refractivity contribution in [1.29, 1.82) is 0 Å². The summed E-state index contributed by atoms with van der Waals surface area (Å²) in [6.45, 7) is 6.52. The Morgan fingerprint density at radius 3 is 2.49 bits per heavy atom. The fraction of sp³-hybridized carbons (Fsp3) is 0.481. The maximum atomic E-state index is 12.5. The van der Waals surface area contributed by atoms with Crippen molar-refractivity contribution in [2.75, 3.05) is 42.2 Å². The number of hydrogen-bond donors (Lipinski definition) is 1. The van der Waals surface area contributed by atoms with Crippen LogP contribution in [0.2, 0.25) is 0 Å². The second kappa shape index (κ2) is 11.3. The van der Waals surface area contributed by atoms with Gasteiger partial charge in [-0.15, -0.1) is 10.2 Å². The van der Waals surface area contributed by atoms with Crippen LogP contribution in [0.25, 0.3) is 11.5 Å². The number of rotatable bonds is 12. The molecule has 1 saturated carbocycles. The lowest BCUT2D eigenvalue weighted by Crippen LogP contribution is -2.35. The number of esters is 1. The second-order valence-corrected chi connectivity index (χ2v) is 12.5. The van der Waals surface area contributed by atoms with Gasteiger partial charge in [-0.25, -0.2) is 13.4 Å². The number of hydrogen-bond acceptors (Lipinski definition) is 10. The van der Waals surface area contributed by atoms with Gasteiger partial charge in [-0.3, -0.25) is 9.10 Å². The highest BCUT2D eigenvalue weighted by atomic mass is 32.2. The number of aromatic nitrogens is 3. The van der Waals surface area contributed by atoms with Crippen LogP contribution in [0.1, 0.15) is 38.6 Å². The molecule has 3 atom stereocenters. The fourth-order valence-electron chi connectivity index (χ4n) is 4.32. The Balaban J connectivity index is 1.73. The SMILES string of the molecule is CCOC(=O)CN(CC1CC1C)c1cc(-c2nnc([C@](C)(N)Cc3ccccc3)o2)cc(N(C)S(C)(=O)=O)n1. The lowest BCUT2D eigenvalue weighted by Gasteiger charge is -2.25. The highest BCUT2D eigenvalue weighted by Gasteiger charge is 2.35. The van der Waals surface area contributed by atoms with Gasteiger partial charge >= 0.3 is 5.97 Å². The summed E-state index contributed by atoms with van der Waals surface area (Å²) in [7, 11) is -2.21. The van der Waals surface area contributed by atoms with Gasteiger partial charge in [0, 0.05) is 19.2 Å². The third kappa shape index (κ3) is 7.12. The number of nitrogens with two attached hydrogens (primary N) is 1. The molecule has 11 nitrogen and oxygen atoms in total. The van der Waals surface area contributed by atoms with E-state index in [4.69, 9.17) is 14.9 Å². The minimum atomic E-state index is -3.63. The Hall–Kier alpha value is -3.51. The van der Waals surface area contributed by atoms with Gasteiger partial charge in [0.1, 0.15) is 18.2 Å². The Kier molecular flexibility index (Phi) is 8.26. The van der Waals surface area contributed by atoms with E-state index in [1.807, 2.05) is 42.2 Å². The number of sulfonamides is 1. The number of ether oxygens (including phenoxy) is 1. The van der Waals surface area contributed by atoms with Crippen molar-refractivity contribution in [3.8, 4) is 11.5 Å². The fourth-order valence-corrected chi connectivity index (χ4v) is 4.76. The molecule has 0 amide bonds. The molecule has 0 saturated heterocycles. The summed E-state index contributed by atoms with van der Waals surface area (Å²) in [5, 5.41) is 8.45. The summed E-state index contributed by atoms with van der Waals surface area (Å²) < 4.78 is 37.1. The average molecular weight is 557 g/mol. The highest BCUT2D eigenvalue weighted by Crippen LogP contribution is 2.39. The smallest absolute Gasteiger partial charge is 0.325 e. The molecule has 1 fully saturated rings. The number of carbonyl (C=O) groups is 1. The second-order valence-electron chi connectivity index (χ2n) is 10.5. The van der Waals surface area contributed by atoms with Crippen molar-refractivity contribution in [1.82, 2.24) is 15.2 Å². The van der Waals surface area contributed by atoms with Crippen LogP contribution in [0.4, 0.5) is 11.6 Å². The molecule has 2 unspecified atom stereocenters.